The minimum absolute atomic E-state index is 0.106. The van der Waals surface area contributed by atoms with E-state index in [4.69, 9.17) is 18.7 Å². The average molecular weight is 609 g/mol. The van der Waals surface area contributed by atoms with Gasteiger partial charge in [-0.3, -0.25) is 4.79 Å². The van der Waals surface area contributed by atoms with E-state index in [9.17, 15) is 19.5 Å². The SMILES string of the molecule is Cc1noc(C)c1NC(=O)N(C)C[C@H]1Oc2c(NC(=O)Nc3ccc4c(c3)OCO4)cccc2C(=O)N([C@@H](C)CO)C[C@@H]1C. The number of ether oxygens (including phenoxy) is 3. The number of hydrogen-bond acceptors (Lipinski definition) is 9. The highest BCUT2D eigenvalue weighted by atomic mass is 16.7. The molecule has 5 rings (SSSR count). The molecule has 234 valence electrons. The number of fused-ring (bicyclic) bond motifs is 2. The van der Waals surface area contributed by atoms with Crippen LogP contribution in [0.15, 0.2) is 40.9 Å². The average Bonchev–Trinajstić information content (AvgIpc) is 3.60. The van der Waals surface area contributed by atoms with Crippen LogP contribution in [0.25, 0.3) is 0 Å². The molecule has 2 aliphatic heterocycles. The number of urea groups is 2. The van der Waals surface area contributed by atoms with Gasteiger partial charge in [-0.2, -0.15) is 0 Å². The number of aliphatic hydroxyl groups excluding tert-OH is 1. The lowest BCUT2D eigenvalue weighted by Gasteiger charge is -2.38. The number of benzene rings is 2. The summed E-state index contributed by atoms with van der Waals surface area (Å²) in [6.07, 6.45) is -0.601. The molecule has 1 aromatic heterocycles. The van der Waals surface area contributed by atoms with E-state index < -0.39 is 24.2 Å². The van der Waals surface area contributed by atoms with Crippen molar-refractivity contribution in [1.29, 1.82) is 0 Å². The third-order valence-electron chi connectivity index (χ3n) is 7.64. The van der Waals surface area contributed by atoms with Crippen molar-refractivity contribution in [2.24, 2.45) is 5.92 Å². The van der Waals surface area contributed by atoms with Gasteiger partial charge in [0, 0.05) is 31.3 Å². The number of carbonyl (C=O) groups is 3. The summed E-state index contributed by atoms with van der Waals surface area (Å²) in [6.45, 7) is 7.37. The summed E-state index contributed by atoms with van der Waals surface area (Å²) in [5, 5.41) is 22.2. The molecule has 44 heavy (non-hydrogen) atoms. The zero-order chi connectivity index (χ0) is 31.5. The van der Waals surface area contributed by atoms with E-state index in [0.29, 0.717) is 34.3 Å². The molecule has 0 bridgehead atoms. The molecule has 0 saturated carbocycles. The Morgan fingerprint density at radius 2 is 1.91 bits per heavy atom. The molecular weight excluding hydrogens is 572 g/mol. The number of aliphatic hydroxyl groups is 1. The number of para-hydroxylation sites is 1. The molecule has 0 radical (unpaired) electrons. The van der Waals surface area contributed by atoms with Gasteiger partial charge in [0.15, 0.2) is 23.0 Å². The van der Waals surface area contributed by atoms with Crippen LogP contribution in [0.3, 0.4) is 0 Å². The first kappa shape index (κ1) is 30.5. The van der Waals surface area contributed by atoms with Crippen LogP contribution in [0.2, 0.25) is 0 Å². The van der Waals surface area contributed by atoms with Crippen LogP contribution < -0.4 is 30.2 Å². The molecule has 14 heteroatoms. The number of amides is 5. The monoisotopic (exact) mass is 608 g/mol. The standard InChI is InChI=1S/C30H36N6O8/c1-16-12-36(17(2)14-37)28(38)21-7-6-8-22(32-29(39)31-20-9-10-23-24(11-20)42-15-41-23)27(21)43-25(16)13-35(5)30(40)33-26-18(3)34-44-19(26)4/h6-11,16-17,25,37H,12-15H2,1-5H3,(H,33,40)(H2,31,32,39)/t16-,17-,25+/m0/s1. The van der Waals surface area contributed by atoms with E-state index >= 15 is 0 Å². The Hall–Kier alpha value is -4.98. The molecule has 14 nitrogen and oxygen atoms in total. The van der Waals surface area contributed by atoms with Gasteiger partial charge in [-0.25, -0.2) is 9.59 Å². The molecule has 0 unspecified atom stereocenters. The van der Waals surface area contributed by atoms with Gasteiger partial charge in [-0.15, -0.1) is 0 Å². The molecule has 4 N–H and O–H groups in total. The predicted molar refractivity (Wildman–Crippen MR) is 160 cm³/mol. The highest BCUT2D eigenvalue weighted by Crippen LogP contribution is 2.36. The Morgan fingerprint density at radius 1 is 1.14 bits per heavy atom. The molecule has 2 aliphatic rings. The van der Waals surface area contributed by atoms with E-state index in [-0.39, 0.29) is 55.3 Å². The second-order valence-corrected chi connectivity index (χ2v) is 11.0. The van der Waals surface area contributed by atoms with Gasteiger partial charge in [-0.1, -0.05) is 18.1 Å². The van der Waals surface area contributed by atoms with Gasteiger partial charge < -0.3 is 49.6 Å². The number of nitrogens with one attached hydrogen (secondary N) is 3. The molecule has 5 amide bonds. The first-order valence-corrected chi connectivity index (χ1v) is 14.2. The highest BCUT2D eigenvalue weighted by Gasteiger charge is 2.35. The van der Waals surface area contributed by atoms with E-state index in [0.717, 1.165) is 0 Å². The largest absolute Gasteiger partial charge is 0.485 e. The van der Waals surface area contributed by atoms with Crippen molar-refractivity contribution in [3.8, 4) is 17.2 Å². The Bertz CT molecular complexity index is 1540. The first-order chi connectivity index (χ1) is 21.0. The Kier molecular flexibility index (Phi) is 8.81. The number of hydrogen-bond donors (Lipinski definition) is 4. The first-order valence-electron chi connectivity index (χ1n) is 14.2. The lowest BCUT2D eigenvalue weighted by Crippen LogP contribution is -2.50. The van der Waals surface area contributed by atoms with Crippen LogP contribution >= 0.6 is 0 Å². The van der Waals surface area contributed by atoms with E-state index in [1.165, 1.54) is 4.90 Å². The minimum atomic E-state index is -0.601. The maximum Gasteiger partial charge on any atom is 0.323 e. The summed E-state index contributed by atoms with van der Waals surface area (Å²) < 4.78 is 22.3. The van der Waals surface area contributed by atoms with E-state index in [1.54, 1.807) is 69.1 Å². The minimum Gasteiger partial charge on any atom is -0.485 e. The molecule has 3 aromatic rings. The molecule has 0 saturated heterocycles. The summed E-state index contributed by atoms with van der Waals surface area (Å²) in [7, 11) is 1.63. The normalized spacial score (nSPS) is 18.0. The lowest BCUT2D eigenvalue weighted by molar-refractivity contribution is 0.0373. The Labute approximate surface area is 254 Å². The maximum absolute atomic E-state index is 13.7. The number of aryl methyl sites for hydroxylation is 2. The maximum atomic E-state index is 13.7. The number of rotatable bonds is 7. The van der Waals surface area contributed by atoms with E-state index in [1.807, 2.05) is 6.92 Å². The molecule has 3 heterocycles. The fraction of sp³-hybridized carbons (Fsp3) is 0.400. The third kappa shape index (κ3) is 6.34. The van der Waals surface area contributed by atoms with Crippen molar-refractivity contribution in [3.05, 3.63) is 53.4 Å². The molecule has 2 aromatic carbocycles. The van der Waals surface area contributed by atoms with Crippen LogP contribution in [-0.2, 0) is 0 Å². The summed E-state index contributed by atoms with van der Waals surface area (Å²) in [5.41, 5.74) is 1.99. The van der Waals surface area contributed by atoms with Gasteiger partial charge in [0.05, 0.1) is 30.4 Å². The second-order valence-electron chi connectivity index (χ2n) is 11.0. The quantitative estimate of drug-likeness (QED) is 0.309. The zero-order valence-corrected chi connectivity index (χ0v) is 25.2. The number of aromatic nitrogens is 1. The zero-order valence-electron chi connectivity index (χ0n) is 25.2. The van der Waals surface area contributed by atoms with Crippen molar-refractivity contribution >= 4 is 35.0 Å². The number of likely N-dealkylation sites (N-methyl/N-ethyl adjacent to an activating group) is 1. The van der Waals surface area contributed by atoms with Crippen LogP contribution in [0.5, 0.6) is 17.2 Å². The smallest absolute Gasteiger partial charge is 0.323 e. The number of anilines is 3. The molecule has 0 aliphatic carbocycles. The summed E-state index contributed by atoms with van der Waals surface area (Å²) in [6, 6.07) is 8.44. The predicted octanol–water partition coefficient (Wildman–Crippen LogP) is 4.05. The number of nitrogens with zero attached hydrogens (tertiary/aromatic N) is 3. The topological polar surface area (TPSA) is 168 Å². The third-order valence-corrected chi connectivity index (χ3v) is 7.64. The van der Waals surface area contributed by atoms with Crippen LogP contribution in [0, 0.1) is 19.8 Å². The van der Waals surface area contributed by atoms with Crippen molar-refractivity contribution in [2.75, 3.05) is 49.5 Å². The van der Waals surface area contributed by atoms with Gasteiger partial charge in [-0.05, 0) is 45.0 Å². The Balaban J connectivity index is 1.40. The number of carbonyl (C=O) groups excluding carboxylic acids is 3. The van der Waals surface area contributed by atoms with Gasteiger partial charge in [0.2, 0.25) is 6.79 Å². The van der Waals surface area contributed by atoms with Crippen molar-refractivity contribution < 1.29 is 38.2 Å². The summed E-state index contributed by atoms with van der Waals surface area (Å²) >= 11 is 0. The van der Waals surface area contributed by atoms with Crippen molar-refractivity contribution in [1.82, 2.24) is 15.0 Å². The molecule has 0 fully saturated rings. The Morgan fingerprint density at radius 3 is 2.64 bits per heavy atom. The lowest BCUT2D eigenvalue weighted by atomic mass is 9.99. The second kappa shape index (κ2) is 12.7. The van der Waals surface area contributed by atoms with Gasteiger partial charge >= 0.3 is 12.1 Å². The van der Waals surface area contributed by atoms with Gasteiger partial charge in [0.25, 0.3) is 5.91 Å². The van der Waals surface area contributed by atoms with Crippen molar-refractivity contribution in [2.45, 2.75) is 39.8 Å². The molecular formula is C30H36N6O8. The van der Waals surface area contributed by atoms with Gasteiger partial charge in [0.1, 0.15) is 17.5 Å². The highest BCUT2D eigenvalue weighted by molar-refractivity contribution is 6.04. The van der Waals surface area contributed by atoms with Crippen LogP contribution in [-0.4, -0.2) is 83.7 Å². The molecule has 3 atom stereocenters. The van der Waals surface area contributed by atoms with Crippen LogP contribution in [0.4, 0.5) is 26.7 Å². The van der Waals surface area contributed by atoms with Crippen molar-refractivity contribution in [3.63, 3.8) is 0 Å². The van der Waals surface area contributed by atoms with E-state index in [2.05, 4.69) is 21.1 Å². The molecule has 0 spiro atoms. The fourth-order valence-electron chi connectivity index (χ4n) is 5.04. The fourth-order valence-corrected chi connectivity index (χ4v) is 5.04. The van der Waals surface area contributed by atoms with Crippen LogP contribution in [0.1, 0.15) is 35.7 Å². The summed E-state index contributed by atoms with van der Waals surface area (Å²) in [4.78, 5) is 43.0. The summed E-state index contributed by atoms with van der Waals surface area (Å²) in [5.74, 6) is 1.11.